The molecule has 1 aliphatic carbocycles. The number of hydrogen-bond donors (Lipinski definition) is 1. The van der Waals surface area contributed by atoms with Crippen LogP contribution >= 0.6 is 0 Å². The molecular formula is C17H19N3O3. The van der Waals surface area contributed by atoms with E-state index in [4.69, 9.17) is 0 Å². The van der Waals surface area contributed by atoms with Crippen molar-refractivity contribution in [3.63, 3.8) is 0 Å². The Kier molecular flexibility index (Phi) is 3.32. The molecule has 1 saturated heterocycles. The predicted octanol–water partition coefficient (Wildman–Crippen LogP) is 1.62. The molecule has 23 heavy (non-hydrogen) atoms. The van der Waals surface area contributed by atoms with Crippen LogP contribution in [0.2, 0.25) is 0 Å². The molecule has 0 aromatic heterocycles. The van der Waals surface area contributed by atoms with Gasteiger partial charge in [-0.2, -0.15) is 0 Å². The second-order valence-electron chi connectivity index (χ2n) is 6.47. The highest BCUT2D eigenvalue weighted by atomic mass is 16.2. The van der Waals surface area contributed by atoms with Crippen LogP contribution in [0.15, 0.2) is 24.3 Å². The minimum Gasteiger partial charge on any atom is -0.335 e. The average Bonchev–Trinajstić information content (AvgIpc) is 3.35. The maximum absolute atomic E-state index is 12.5. The lowest BCUT2D eigenvalue weighted by Gasteiger charge is -2.35. The molecule has 1 aromatic carbocycles. The second-order valence-corrected chi connectivity index (χ2v) is 6.47. The van der Waals surface area contributed by atoms with Crippen molar-refractivity contribution in [1.29, 1.82) is 0 Å². The lowest BCUT2D eigenvalue weighted by molar-refractivity contribution is 0.0522. The maximum atomic E-state index is 12.5. The molecule has 1 aromatic rings. The number of rotatable bonds is 2. The van der Waals surface area contributed by atoms with Gasteiger partial charge in [0.05, 0.1) is 11.1 Å². The minimum atomic E-state index is -0.202. The summed E-state index contributed by atoms with van der Waals surface area (Å²) in [4.78, 5) is 40.2. The van der Waals surface area contributed by atoms with E-state index in [1.165, 1.54) is 4.90 Å². The number of hydrogen-bond acceptors (Lipinski definition) is 3. The number of carbonyl (C=O) groups is 3. The molecule has 0 bridgehead atoms. The lowest BCUT2D eigenvalue weighted by atomic mass is 10.0. The second kappa shape index (κ2) is 5.37. The molecule has 4 rings (SSSR count). The van der Waals surface area contributed by atoms with Crippen molar-refractivity contribution in [2.75, 3.05) is 13.1 Å². The van der Waals surface area contributed by atoms with E-state index in [0.717, 1.165) is 12.8 Å². The number of imide groups is 1. The van der Waals surface area contributed by atoms with E-state index in [9.17, 15) is 14.4 Å². The average molecular weight is 313 g/mol. The van der Waals surface area contributed by atoms with E-state index >= 15 is 0 Å². The first-order chi connectivity index (χ1) is 11.1. The van der Waals surface area contributed by atoms with Gasteiger partial charge in [0.2, 0.25) is 0 Å². The molecule has 6 nitrogen and oxygen atoms in total. The number of amides is 4. The molecule has 1 N–H and O–H groups in total. The fraction of sp³-hybridized carbons (Fsp3) is 0.471. The highest BCUT2D eigenvalue weighted by Gasteiger charge is 2.41. The third-order valence-electron chi connectivity index (χ3n) is 4.85. The van der Waals surface area contributed by atoms with Gasteiger partial charge in [-0.25, -0.2) is 4.79 Å². The van der Waals surface area contributed by atoms with E-state index in [1.807, 2.05) is 0 Å². The Morgan fingerprint density at radius 1 is 0.957 bits per heavy atom. The normalized spacial score (nSPS) is 21.6. The Balaban J connectivity index is 1.42. The van der Waals surface area contributed by atoms with Gasteiger partial charge >= 0.3 is 6.03 Å². The predicted molar refractivity (Wildman–Crippen MR) is 83.1 cm³/mol. The Bertz CT molecular complexity index is 640. The van der Waals surface area contributed by atoms with Gasteiger partial charge in [-0.3, -0.25) is 14.5 Å². The van der Waals surface area contributed by atoms with Gasteiger partial charge in [-0.15, -0.1) is 0 Å². The standard InChI is InChI=1S/C17H19N3O3/c21-15-13-3-1-2-4-14(13)16(22)20(15)12-7-9-19(10-8-12)17(23)18-11-5-6-11/h1-4,11-12H,5-10H2,(H,18,23). The Morgan fingerprint density at radius 3 is 2.04 bits per heavy atom. The topological polar surface area (TPSA) is 69.7 Å². The van der Waals surface area contributed by atoms with Gasteiger partial charge in [0.1, 0.15) is 0 Å². The first kappa shape index (κ1) is 14.2. The van der Waals surface area contributed by atoms with Crippen molar-refractivity contribution >= 4 is 17.8 Å². The molecule has 0 radical (unpaired) electrons. The van der Waals surface area contributed by atoms with Crippen LogP contribution in [0.3, 0.4) is 0 Å². The zero-order valence-corrected chi connectivity index (χ0v) is 12.8. The molecule has 0 spiro atoms. The number of benzene rings is 1. The summed E-state index contributed by atoms with van der Waals surface area (Å²) >= 11 is 0. The van der Waals surface area contributed by atoms with Crippen LogP contribution in [0.5, 0.6) is 0 Å². The number of likely N-dealkylation sites (tertiary alicyclic amines) is 1. The zero-order chi connectivity index (χ0) is 16.0. The summed E-state index contributed by atoms with van der Waals surface area (Å²) in [5.41, 5.74) is 0.984. The first-order valence-electron chi connectivity index (χ1n) is 8.17. The first-order valence-corrected chi connectivity index (χ1v) is 8.17. The van der Waals surface area contributed by atoms with E-state index < -0.39 is 0 Å². The third-order valence-corrected chi connectivity index (χ3v) is 4.85. The molecule has 1 saturated carbocycles. The molecule has 0 atom stereocenters. The fourth-order valence-electron chi connectivity index (χ4n) is 3.36. The molecular weight excluding hydrogens is 294 g/mol. The molecule has 6 heteroatoms. The quantitative estimate of drug-likeness (QED) is 0.844. The van der Waals surface area contributed by atoms with Gasteiger partial charge in [-0.05, 0) is 37.8 Å². The van der Waals surface area contributed by atoms with Gasteiger partial charge in [0.15, 0.2) is 0 Å². The van der Waals surface area contributed by atoms with E-state index in [2.05, 4.69) is 5.32 Å². The molecule has 3 aliphatic rings. The monoisotopic (exact) mass is 313 g/mol. The van der Waals surface area contributed by atoms with E-state index in [1.54, 1.807) is 29.2 Å². The SMILES string of the molecule is O=C(NC1CC1)N1CCC(N2C(=O)c3ccccc3C2=O)CC1. The van der Waals surface area contributed by atoms with Crippen LogP contribution in [0.25, 0.3) is 0 Å². The summed E-state index contributed by atoms with van der Waals surface area (Å²) in [6.07, 6.45) is 3.42. The summed E-state index contributed by atoms with van der Waals surface area (Å²) in [5, 5.41) is 2.98. The molecule has 4 amide bonds. The maximum Gasteiger partial charge on any atom is 0.317 e. The van der Waals surface area contributed by atoms with E-state index in [-0.39, 0.29) is 23.9 Å². The van der Waals surface area contributed by atoms with Crippen molar-refractivity contribution in [3.8, 4) is 0 Å². The number of urea groups is 1. The number of nitrogens with zero attached hydrogens (tertiary/aromatic N) is 2. The zero-order valence-electron chi connectivity index (χ0n) is 12.8. The van der Waals surface area contributed by atoms with Gasteiger partial charge in [0.25, 0.3) is 11.8 Å². The summed E-state index contributed by atoms with van der Waals surface area (Å²) in [6.45, 7) is 1.16. The van der Waals surface area contributed by atoms with Gasteiger partial charge in [0, 0.05) is 25.2 Å². The van der Waals surface area contributed by atoms with Crippen LogP contribution in [0, 0.1) is 0 Å². The van der Waals surface area contributed by atoms with Gasteiger partial charge < -0.3 is 10.2 Å². The third kappa shape index (κ3) is 2.48. The molecule has 2 aliphatic heterocycles. The van der Waals surface area contributed by atoms with E-state index in [0.29, 0.717) is 43.1 Å². The highest BCUT2D eigenvalue weighted by molar-refractivity contribution is 6.21. The molecule has 2 fully saturated rings. The van der Waals surface area contributed by atoms with Crippen LogP contribution in [-0.2, 0) is 0 Å². The fourth-order valence-corrected chi connectivity index (χ4v) is 3.36. The minimum absolute atomic E-state index is 0.0201. The lowest BCUT2D eigenvalue weighted by Crippen LogP contribution is -2.51. The largest absolute Gasteiger partial charge is 0.335 e. The number of fused-ring (bicyclic) bond motifs is 1. The van der Waals surface area contributed by atoms with Crippen molar-refractivity contribution < 1.29 is 14.4 Å². The molecule has 0 unspecified atom stereocenters. The van der Waals surface area contributed by atoms with Crippen LogP contribution < -0.4 is 5.32 Å². The number of piperidine rings is 1. The Labute approximate surface area is 134 Å². The summed E-state index contributed by atoms with van der Waals surface area (Å²) in [7, 11) is 0. The smallest absolute Gasteiger partial charge is 0.317 e. The summed E-state index contributed by atoms with van der Waals surface area (Å²) in [5.74, 6) is -0.405. The van der Waals surface area contributed by atoms with Crippen molar-refractivity contribution in [3.05, 3.63) is 35.4 Å². The van der Waals surface area contributed by atoms with Crippen molar-refractivity contribution in [2.24, 2.45) is 0 Å². The summed E-state index contributed by atoms with van der Waals surface area (Å²) < 4.78 is 0. The number of nitrogens with one attached hydrogen (secondary N) is 1. The van der Waals surface area contributed by atoms with Crippen molar-refractivity contribution in [1.82, 2.24) is 15.1 Å². The summed E-state index contributed by atoms with van der Waals surface area (Å²) in [6, 6.07) is 7.16. The van der Waals surface area contributed by atoms with Crippen molar-refractivity contribution in [2.45, 2.75) is 37.8 Å². The number of carbonyl (C=O) groups excluding carboxylic acids is 3. The molecule has 120 valence electrons. The molecule has 2 heterocycles. The Morgan fingerprint density at radius 2 is 1.52 bits per heavy atom. The van der Waals surface area contributed by atoms with Gasteiger partial charge in [-0.1, -0.05) is 12.1 Å². The van der Waals surface area contributed by atoms with Crippen LogP contribution in [0.4, 0.5) is 4.79 Å². The Hall–Kier alpha value is -2.37. The highest BCUT2D eigenvalue weighted by Crippen LogP contribution is 2.28. The van der Waals surface area contributed by atoms with Crippen LogP contribution in [0.1, 0.15) is 46.4 Å². The van der Waals surface area contributed by atoms with Crippen LogP contribution in [-0.4, -0.2) is 52.8 Å².